The minimum Gasteiger partial charge on any atom is -0.496 e. The molecule has 3 rings (SSSR count). The Morgan fingerprint density at radius 1 is 1.44 bits per heavy atom. The van der Waals surface area contributed by atoms with Gasteiger partial charge in [0.15, 0.2) is 0 Å². The number of hydrogen-bond donors (Lipinski definition) is 0. The Labute approximate surface area is 148 Å². The van der Waals surface area contributed by atoms with Crippen LogP contribution in [0, 0.1) is 19.8 Å². The minimum atomic E-state index is -0.0256. The Morgan fingerprint density at radius 2 is 2.20 bits per heavy atom. The SMILES string of the molecule is COc1c(C)cnc(CN(C)C(=O)C2CCc3nnn(C)c3C2)c1C. The molecule has 0 fully saturated rings. The van der Waals surface area contributed by atoms with Gasteiger partial charge in [0, 0.05) is 43.8 Å². The van der Waals surface area contributed by atoms with Crippen LogP contribution in [0.3, 0.4) is 0 Å². The molecule has 2 aromatic rings. The molecule has 1 aliphatic carbocycles. The molecule has 0 aromatic carbocycles. The third kappa shape index (κ3) is 3.23. The van der Waals surface area contributed by atoms with Crippen LogP contribution in [0.2, 0.25) is 0 Å². The molecule has 2 heterocycles. The Balaban J connectivity index is 1.73. The lowest BCUT2D eigenvalue weighted by atomic mass is 9.88. The van der Waals surface area contributed by atoms with Gasteiger partial charge in [0.2, 0.25) is 5.91 Å². The predicted octanol–water partition coefficient (Wildman–Crippen LogP) is 1.60. The van der Waals surface area contributed by atoms with Crippen molar-refractivity contribution in [3.05, 3.63) is 34.4 Å². The highest BCUT2D eigenvalue weighted by atomic mass is 16.5. The molecular formula is C18H25N5O2. The van der Waals surface area contributed by atoms with Gasteiger partial charge in [-0.25, -0.2) is 0 Å². The summed E-state index contributed by atoms with van der Waals surface area (Å²) in [4.78, 5) is 19.2. The summed E-state index contributed by atoms with van der Waals surface area (Å²) in [7, 11) is 5.39. The second-order valence-corrected chi connectivity index (χ2v) is 6.79. The summed E-state index contributed by atoms with van der Waals surface area (Å²) in [6.45, 7) is 4.44. The summed E-state index contributed by atoms with van der Waals surface area (Å²) in [5, 5.41) is 8.23. The molecule has 0 radical (unpaired) electrons. The normalized spacial score (nSPS) is 16.4. The van der Waals surface area contributed by atoms with E-state index in [0.29, 0.717) is 13.0 Å². The average Bonchev–Trinajstić information content (AvgIpc) is 2.97. The number of carbonyl (C=O) groups is 1. The van der Waals surface area contributed by atoms with E-state index in [1.807, 2.05) is 27.9 Å². The number of nitrogens with zero attached hydrogens (tertiary/aromatic N) is 5. The van der Waals surface area contributed by atoms with Crippen LogP contribution in [0.25, 0.3) is 0 Å². The van der Waals surface area contributed by atoms with Gasteiger partial charge in [-0.15, -0.1) is 5.10 Å². The van der Waals surface area contributed by atoms with Crippen molar-refractivity contribution >= 4 is 5.91 Å². The first-order valence-electron chi connectivity index (χ1n) is 8.53. The second kappa shape index (κ2) is 6.82. The molecule has 7 heteroatoms. The molecule has 0 saturated heterocycles. The summed E-state index contributed by atoms with van der Waals surface area (Å²) in [6.07, 6.45) is 4.13. The Kier molecular flexibility index (Phi) is 4.74. The fraction of sp³-hybridized carbons (Fsp3) is 0.556. The van der Waals surface area contributed by atoms with E-state index in [1.165, 1.54) is 0 Å². The number of rotatable bonds is 4. The molecule has 2 aromatic heterocycles. The zero-order valence-electron chi connectivity index (χ0n) is 15.5. The standard InChI is InChI=1S/C18H25N5O2/c1-11-9-19-15(12(2)17(11)25-5)10-22(3)18(24)13-6-7-14-16(8-13)23(4)21-20-14/h9,13H,6-8,10H2,1-5H3. The fourth-order valence-corrected chi connectivity index (χ4v) is 3.57. The number of amides is 1. The van der Waals surface area contributed by atoms with Crippen LogP contribution < -0.4 is 4.74 Å². The number of aryl methyl sites for hydroxylation is 3. The molecule has 0 aliphatic heterocycles. The Bertz CT molecular complexity index is 799. The van der Waals surface area contributed by atoms with Gasteiger partial charge in [0.05, 0.1) is 30.7 Å². The van der Waals surface area contributed by atoms with Crippen LogP contribution in [-0.4, -0.2) is 44.9 Å². The van der Waals surface area contributed by atoms with E-state index in [0.717, 1.165) is 46.8 Å². The van der Waals surface area contributed by atoms with Crippen LogP contribution in [-0.2, 0) is 31.2 Å². The van der Waals surface area contributed by atoms with E-state index in [-0.39, 0.29) is 11.8 Å². The van der Waals surface area contributed by atoms with Gasteiger partial charge >= 0.3 is 0 Å². The highest BCUT2D eigenvalue weighted by Crippen LogP contribution is 2.27. The first-order valence-corrected chi connectivity index (χ1v) is 8.53. The third-order valence-electron chi connectivity index (χ3n) is 5.05. The quantitative estimate of drug-likeness (QED) is 0.843. The number of aromatic nitrogens is 4. The largest absolute Gasteiger partial charge is 0.496 e. The average molecular weight is 343 g/mol. The van der Waals surface area contributed by atoms with Gasteiger partial charge < -0.3 is 9.64 Å². The topological polar surface area (TPSA) is 73.1 Å². The molecule has 1 unspecified atom stereocenters. The Morgan fingerprint density at radius 3 is 2.92 bits per heavy atom. The smallest absolute Gasteiger partial charge is 0.226 e. The maximum atomic E-state index is 12.9. The van der Waals surface area contributed by atoms with Crippen LogP contribution >= 0.6 is 0 Å². The lowest BCUT2D eigenvalue weighted by Crippen LogP contribution is -2.36. The zero-order valence-corrected chi connectivity index (χ0v) is 15.5. The minimum absolute atomic E-state index is 0.0256. The van der Waals surface area contributed by atoms with E-state index in [2.05, 4.69) is 15.3 Å². The lowest BCUT2D eigenvalue weighted by Gasteiger charge is -2.26. The summed E-state index contributed by atoms with van der Waals surface area (Å²) < 4.78 is 7.24. The summed E-state index contributed by atoms with van der Waals surface area (Å²) in [5.41, 5.74) is 4.96. The summed E-state index contributed by atoms with van der Waals surface area (Å²) >= 11 is 0. The van der Waals surface area contributed by atoms with Gasteiger partial charge in [-0.3, -0.25) is 14.5 Å². The number of carbonyl (C=O) groups excluding carboxylic acids is 1. The van der Waals surface area contributed by atoms with Crippen molar-refractivity contribution in [2.45, 2.75) is 39.7 Å². The van der Waals surface area contributed by atoms with E-state index in [4.69, 9.17) is 4.74 Å². The van der Waals surface area contributed by atoms with Gasteiger partial charge in [0.25, 0.3) is 0 Å². The molecule has 0 spiro atoms. The van der Waals surface area contributed by atoms with E-state index in [1.54, 1.807) is 22.9 Å². The van der Waals surface area contributed by atoms with Crippen molar-refractivity contribution in [2.24, 2.45) is 13.0 Å². The lowest BCUT2D eigenvalue weighted by molar-refractivity contribution is -0.135. The Hall–Kier alpha value is -2.44. The molecule has 25 heavy (non-hydrogen) atoms. The van der Waals surface area contributed by atoms with Crippen LogP contribution in [0.4, 0.5) is 0 Å². The number of ether oxygens (including phenoxy) is 1. The van der Waals surface area contributed by atoms with Crippen molar-refractivity contribution in [2.75, 3.05) is 14.2 Å². The van der Waals surface area contributed by atoms with Crippen LogP contribution in [0.1, 0.15) is 34.6 Å². The van der Waals surface area contributed by atoms with Crippen LogP contribution in [0.5, 0.6) is 5.75 Å². The van der Waals surface area contributed by atoms with Crippen molar-refractivity contribution < 1.29 is 9.53 Å². The van der Waals surface area contributed by atoms with Crippen molar-refractivity contribution in [1.29, 1.82) is 0 Å². The summed E-state index contributed by atoms with van der Waals surface area (Å²) in [6, 6.07) is 0. The summed E-state index contributed by atoms with van der Waals surface area (Å²) in [5.74, 6) is 0.962. The van der Waals surface area contributed by atoms with Crippen molar-refractivity contribution in [3.63, 3.8) is 0 Å². The molecule has 1 amide bonds. The maximum Gasteiger partial charge on any atom is 0.226 e. The third-order valence-corrected chi connectivity index (χ3v) is 5.05. The zero-order chi connectivity index (χ0) is 18.1. The molecule has 0 saturated carbocycles. The predicted molar refractivity (Wildman–Crippen MR) is 93.3 cm³/mol. The monoisotopic (exact) mass is 343 g/mol. The number of methoxy groups -OCH3 is 1. The second-order valence-electron chi connectivity index (χ2n) is 6.79. The molecule has 0 N–H and O–H groups in total. The van der Waals surface area contributed by atoms with Crippen LogP contribution in [0.15, 0.2) is 6.20 Å². The van der Waals surface area contributed by atoms with Gasteiger partial charge in [-0.2, -0.15) is 0 Å². The van der Waals surface area contributed by atoms with E-state index in [9.17, 15) is 4.79 Å². The van der Waals surface area contributed by atoms with E-state index < -0.39 is 0 Å². The molecule has 134 valence electrons. The molecule has 1 aliphatic rings. The van der Waals surface area contributed by atoms with E-state index >= 15 is 0 Å². The number of fused-ring (bicyclic) bond motifs is 1. The first kappa shape index (κ1) is 17.4. The first-order chi connectivity index (χ1) is 11.9. The molecule has 7 nitrogen and oxygen atoms in total. The van der Waals surface area contributed by atoms with Crippen molar-refractivity contribution in [1.82, 2.24) is 24.9 Å². The maximum absolute atomic E-state index is 12.9. The molecule has 0 bridgehead atoms. The molecule has 1 atom stereocenters. The van der Waals surface area contributed by atoms with Gasteiger partial charge in [0.1, 0.15) is 5.75 Å². The highest BCUT2D eigenvalue weighted by Gasteiger charge is 2.30. The fourth-order valence-electron chi connectivity index (χ4n) is 3.57. The molecular weight excluding hydrogens is 318 g/mol. The van der Waals surface area contributed by atoms with Crippen molar-refractivity contribution in [3.8, 4) is 5.75 Å². The van der Waals surface area contributed by atoms with Gasteiger partial charge in [-0.05, 0) is 26.7 Å². The number of pyridine rings is 1. The number of hydrogen-bond acceptors (Lipinski definition) is 5. The highest BCUT2D eigenvalue weighted by molar-refractivity contribution is 5.79. The van der Waals surface area contributed by atoms with Gasteiger partial charge in [-0.1, -0.05) is 5.21 Å².